The van der Waals surface area contributed by atoms with E-state index in [0.717, 1.165) is 46.7 Å². The SMILES string of the molecule is COC(=O)c1scc(NC(=O)Nc2cc(Oc3cn(-c4ccccc4C)c4ccccc34)c(OC)cc2F)c1C(=O)O. The first-order valence-electron chi connectivity index (χ1n) is 12.4. The summed E-state index contributed by atoms with van der Waals surface area (Å²) in [4.78, 5) is 36.2. The molecule has 0 atom stereocenters. The van der Waals surface area contributed by atoms with Gasteiger partial charge in [-0.15, -0.1) is 11.3 Å². The first-order chi connectivity index (χ1) is 20.2. The molecule has 3 aromatic carbocycles. The van der Waals surface area contributed by atoms with E-state index in [2.05, 4.69) is 15.4 Å². The zero-order chi connectivity index (χ0) is 30.0. The second-order valence-electron chi connectivity index (χ2n) is 8.98. The van der Waals surface area contributed by atoms with Crippen LogP contribution in [0.25, 0.3) is 16.6 Å². The van der Waals surface area contributed by atoms with E-state index in [-0.39, 0.29) is 27.8 Å². The van der Waals surface area contributed by atoms with Gasteiger partial charge in [-0.1, -0.05) is 30.3 Å². The fourth-order valence-electron chi connectivity index (χ4n) is 4.43. The third-order valence-corrected chi connectivity index (χ3v) is 7.36. The number of carboxylic acid groups (broad SMARTS) is 1. The fourth-order valence-corrected chi connectivity index (χ4v) is 5.34. The van der Waals surface area contributed by atoms with Gasteiger partial charge in [0.25, 0.3) is 0 Å². The molecule has 0 unspecified atom stereocenters. The Morgan fingerprint density at radius 2 is 1.64 bits per heavy atom. The topological polar surface area (TPSA) is 128 Å². The number of amides is 2. The van der Waals surface area contributed by atoms with Gasteiger partial charge < -0.3 is 34.5 Å². The highest BCUT2D eigenvalue weighted by Gasteiger charge is 2.25. The molecule has 2 aromatic heterocycles. The Morgan fingerprint density at radius 1 is 0.929 bits per heavy atom. The predicted molar refractivity (Wildman–Crippen MR) is 156 cm³/mol. The van der Waals surface area contributed by atoms with E-state index in [9.17, 15) is 19.5 Å². The molecule has 2 amide bonds. The predicted octanol–water partition coefficient (Wildman–Crippen LogP) is 7.07. The molecule has 0 spiro atoms. The summed E-state index contributed by atoms with van der Waals surface area (Å²) in [5.41, 5.74) is 2.05. The van der Waals surface area contributed by atoms with Crippen molar-refractivity contribution in [2.75, 3.05) is 24.9 Å². The summed E-state index contributed by atoms with van der Waals surface area (Å²) in [6.45, 7) is 2.00. The molecule has 42 heavy (non-hydrogen) atoms. The molecule has 2 heterocycles. The smallest absolute Gasteiger partial charge is 0.349 e. The van der Waals surface area contributed by atoms with Crippen LogP contribution in [0.1, 0.15) is 25.6 Å². The molecule has 214 valence electrons. The Balaban J connectivity index is 1.46. The summed E-state index contributed by atoms with van der Waals surface area (Å²) < 4.78 is 33.2. The van der Waals surface area contributed by atoms with Crippen LogP contribution in [0.5, 0.6) is 17.2 Å². The van der Waals surface area contributed by atoms with E-state index < -0.39 is 29.4 Å². The minimum absolute atomic E-state index is 0.0832. The lowest BCUT2D eigenvalue weighted by atomic mass is 10.2. The maximum atomic E-state index is 15.0. The zero-order valence-corrected chi connectivity index (χ0v) is 23.4. The van der Waals surface area contributed by atoms with Gasteiger partial charge in [-0.3, -0.25) is 0 Å². The molecule has 0 bridgehead atoms. The molecular weight excluding hydrogens is 565 g/mol. The van der Waals surface area contributed by atoms with Gasteiger partial charge in [0.2, 0.25) is 0 Å². The molecule has 0 saturated carbocycles. The zero-order valence-electron chi connectivity index (χ0n) is 22.6. The van der Waals surface area contributed by atoms with Crippen molar-refractivity contribution in [2.24, 2.45) is 0 Å². The van der Waals surface area contributed by atoms with Crippen molar-refractivity contribution in [3.63, 3.8) is 0 Å². The average Bonchev–Trinajstić information content (AvgIpc) is 3.56. The van der Waals surface area contributed by atoms with Crippen LogP contribution in [0.4, 0.5) is 20.6 Å². The minimum atomic E-state index is -1.44. The standard InChI is InChI=1S/C30H24FN3O7S/c1-16-8-4-6-10-21(16)34-14-25(17-9-5-7-11-22(17)34)41-24-13-19(18(31)12-23(24)39-2)32-30(38)33-20-15-42-27(29(37)40-3)26(20)28(35)36/h4-15H,1-3H3,(H,35,36)(H2,32,33,38). The number of thiophene rings is 1. The Morgan fingerprint density at radius 3 is 2.36 bits per heavy atom. The molecule has 0 aliphatic heterocycles. The normalized spacial score (nSPS) is 10.8. The number of nitrogens with one attached hydrogen (secondary N) is 2. The molecule has 5 aromatic rings. The van der Waals surface area contributed by atoms with Gasteiger partial charge in [-0.25, -0.2) is 18.8 Å². The van der Waals surface area contributed by atoms with Gasteiger partial charge in [-0.05, 0) is 30.7 Å². The van der Waals surface area contributed by atoms with Crippen molar-refractivity contribution < 1.29 is 38.1 Å². The maximum absolute atomic E-state index is 15.0. The number of esters is 1. The molecule has 12 heteroatoms. The van der Waals surface area contributed by atoms with Crippen molar-refractivity contribution in [1.82, 2.24) is 4.57 Å². The van der Waals surface area contributed by atoms with Crippen LogP contribution in [0.2, 0.25) is 0 Å². The number of aryl methyl sites for hydroxylation is 1. The number of rotatable bonds is 8. The van der Waals surface area contributed by atoms with E-state index in [1.165, 1.54) is 18.6 Å². The molecule has 0 saturated heterocycles. The third kappa shape index (κ3) is 5.34. The van der Waals surface area contributed by atoms with Crippen molar-refractivity contribution >= 4 is 51.6 Å². The number of halogens is 1. The number of benzene rings is 3. The first kappa shape index (κ1) is 28.2. The van der Waals surface area contributed by atoms with Crippen molar-refractivity contribution in [2.45, 2.75) is 6.92 Å². The van der Waals surface area contributed by atoms with Gasteiger partial charge in [0, 0.05) is 28.6 Å². The summed E-state index contributed by atoms with van der Waals surface area (Å²) in [5, 5.41) is 16.3. The molecule has 0 radical (unpaired) electrons. The van der Waals surface area contributed by atoms with E-state index in [4.69, 9.17) is 9.47 Å². The van der Waals surface area contributed by atoms with Crippen LogP contribution in [0.15, 0.2) is 72.2 Å². The van der Waals surface area contributed by atoms with Gasteiger partial charge in [0.1, 0.15) is 10.4 Å². The monoisotopic (exact) mass is 589 g/mol. The quantitative estimate of drug-likeness (QED) is 0.165. The number of aromatic nitrogens is 1. The van der Waals surface area contributed by atoms with E-state index in [1.54, 1.807) is 0 Å². The minimum Gasteiger partial charge on any atom is -0.493 e. The number of para-hydroxylation sites is 2. The lowest BCUT2D eigenvalue weighted by Crippen LogP contribution is -2.21. The van der Waals surface area contributed by atoms with Crippen LogP contribution < -0.4 is 20.1 Å². The summed E-state index contributed by atoms with van der Waals surface area (Å²) in [5.74, 6) is -2.46. The summed E-state index contributed by atoms with van der Waals surface area (Å²) in [7, 11) is 2.47. The maximum Gasteiger partial charge on any atom is 0.349 e. The van der Waals surface area contributed by atoms with E-state index in [1.807, 2.05) is 66.2 Å². The lowest BCUT2D eigenvalue weighted by molar-refractivity contribution is 0.0589. The molecule has 0 aliphatic carbocycles. The fraction of sp³-hybridized carbons (Fsp3) is 0.100. The number of carboxylic acids is 1. The average molecular weight is 590 g/mol. The van der Waals surface area contributed by atoms with Gasteiger partial charge in [-0.2, -0.15) is 0 Å². The van der Waals surface area contributed by atoms with Crippen LogP contribution in [0.3, 0.4) is 0 Å². The Hall–Kier alpha value is -5.36. The number of carbonyl (C=O) groups excluding carboxylic acids is 2. The molecule has 5 rings (SSSR count). The summed E-state index contributed by atoms with van der Waals surface area (Å²) >= 11 is 0.789. The van der Waals surface area contributed by atoms with E-state index in [0.29, 0.717) is 5.75 Å². The van der Waals surface area contributed by atoms with Gasteiger partial charge >= 0.3 is 18.0 Å². The van der Waals surface area contributed by atoms with Crippen molar-refractivity contribution in [1.29, 1.82) is 0 Å². The van der Waals surface area contributed by atoms with Gasteiger partial charge in [0.15, 0.2) is 23.1 Å². The number of hydrogen-bond acceptors (Lipinski definition) is 7. The van der Waals surface area contributed by atoms with Crippen LogP contribution >= 0.6 is 11.3 Å². The number of fused-ring (bicyclic) bond motifs is 1. The number of hydrogen-bond donors (Lipinski definition) is 3. The Bertz CT molecular complexity index is 1850. The molecule has 10 nitrogen and oxygen atoms in total. The highest BCUT2D eigenvalue weighted by atomic mass is 32.1. The molecule has 0 fully saturated rings. The Kier molecular flexibility index (Phi) is 7.80. The van der Waals surface area contributed by atoms with Gasteiger partial charge in [0.05, 0.1) is 37.3 Å². The highest BCUT2D eigenvalue weighted by molar-refractivity contribution is 7.13. The highest BCUT2D eigenvalue weighted by Crippen LogP contribution is 2.40. The van der Waals surface area contributed by atoms with Crippen LogP contribution in [-0.4, -0.2) is 41.9 Å². The largest absolute Gasteiger partial charge is 0.493 e. The van der Waals surface area contributed by atoms with Crippen LogP contribution in [-0.2, 0) is 4.74 Å². The molecule has 3 N–H and O–H groups in total. The lowest BCUT2D eigenvalue weighted by Gasteiger charge is -2.14. The van der Waals surface area contributed by atoms with E-state index >= 15 is 4.39 Å². The van der Waals surface area contributed by atoms with Crippen LogP contribution in [0, 0.1) is 12.7 Å². The second-order valence-corrected chi connectivity index (χ2v) is 9.86. The summed E-state index contributed by atoms with van der Waals surface area (Å²) in [6, 6.07) is 16.9. The Labute approximate surface area is 242 Å². The number of ether oxygens (including phenoxy) is 3. The number of carbonyl (C=O) groups is 3. The first-order valence-corrected chi connectivity index (χ1v) is 13.3. The number of urea groups is 1. The summed E-state index contributed by atoms with van der Waals surface area (Å²) in [6.07, 6.45) is 1.82. The van der Waals surface area contributed by atoms with Crippen molar-refractivity contribution in [3.8, 4) is 22.9 Å². The number of aromatic carboxylic acids is 1. The van der Waals surface area contributed by atoms with Crippen molar-refractivity contribution in [3.05, 3.63) is 94.1 Å². The number of anilines is 2. The second kappa shape index (κ2) is 11.6. The number of nitrogens with zero attached hydrogens (tertiary/aromatic N) is 1. The third-order valence-electron chi connectivity index (χ3n) is 6.40. The molecule has 0 aliphatic rings. The number of methoxy groups -OCH3 is 2. The molecular formula is C30H24FN3O7S.